The highest BCUT2D eigenvalue weighted by Gasteiger charge is 2.43. The minimum Gasteiger partial charge on any atom is -0.484 e. The van der Waals surface area contributed by atoms with Crippen LogP contribution in [0.2, 0.25) is 0 Å². The number of aryl methyl sites for hydroxylation is 1. The van der Waals surface area contributed by atoms with E-state index in [9.17, 15) is 14.7 Å². The number of aliphatic hydroxyl groups is 1. The standard InChI is InChI=1S/C22H31N3O4/c1-16-3-4-19-18(13-16)21(28)25(14-20(27)24-9-5-17(26)6-10-24)15-22(29-19)7-11-23(2)12-8-22/h3-4,13,17,26H,5-12,14-15H2,1-2H3. The van der Waals surface area contributed by atoms with Gasteiger partial charge in [-0.1, -0.05) is 11.6 Å². The maximum atomic E-state index is 13.4. The molecule has 7 heteroatoms. The van der Waals surface area contributed by atoms with Gasteiger partial charge in [0.2, 0.25) is 5.91 Å². The summed E-state index contributed by atoms with van der Waals surface area (Å²) in [4.78, 5) is 32.0. The Balaban J connectivity index is 1.59. The fourth-order valence-corrected chi connectivity index (χ4v) is 4.55. The highest BCUT2D eigenvalue weighted by atomic mass is 16.5. The number of piperidine rings is 2. The van der Waals surface area contributed by atoms with Crippen molar-refractivity contribution in [3.63, 3.8) is 0 Å². The number of carbonyl (C=O) groups excluding carboxylic acids is 2. The SMILES string of the molecule is Cc1ccc2c(c1)C(=O)N(CC(=O)N1CCC(O)CC1)CC1(CCN(C)CC1)O2. The first-order chi connectivity index (χ1) is 13.8. The van der Waals surface area contributed by atoms with E-state index in [4.69, 9.17) is 4.74 Å². The molecule has 1 aromatic carbocycles. The molecule has 2 saturated heterocycles. The molecule has 7 nitrogen and oxygen atoms in total. The lowest BCUT2D eigenvalue weighted by molar-refractivity contribution is -0.134. The van der Waals surface area contributed by atoms with Gasteiger partial charge in [0.25, 0.3) is 5.91 Å². The molecule has 1 N–H and O–H groups in total. The number of amides is 2. The van der Waals surface area contributed by atoms with E-state index in [1.54, 1.807) is 9.80 Å². The van der Waals surface area contributed by atoms with Crippen LogP contribution in [0.3, 0.4) is 0 Å². The summed E-state index contributed by atoms with van der Waals surface area (Å²) in [7, 11) is 2.10. The average molecular weight is 402 g/mol. The van der Waals surface area contributed by atoms with Gasteiger partial charge < -0.3 is 24.5 Å². The fraction of sp³-hybridized carbons (Fsp3) is 0.636. The van der Waals surface area contributed by atoms with Crippen LogP contribution < -0.4 is 4.74 Å². The van der Waals surface area contributed by atoms with E-state index in [0.717, 1.165) is 31.5 Å². The van der Waals surface area contributed by atoms with E-state index in [2.05, 4.69) is 11.9 Å². The van der Waals surface area contributed by atoms with Crippen molar-refractivity contribution in [2.75, 3.05) is 46.3 Å². The number of benzene rings is 1. The van der Waals surface area contributed by atoms with Crippen molar-refractivity contribution in [3.05, 3.63) is 29.3 Å². The van der Waals surface area contributed by atoms with Gasteiger partial charge in [-0.15, -0.1) is 0 Å². The van der Waals surface area contributed by atoms with Crippen molar-refractivity contribution in [3.8, 4) is 5.75 Å². The molecule has 1 aromatic rings. The third kappa shape index (κ3) is 4.26. The Hall–Kier alpha value is -2.12. The number of aliphatic hydroxyl groups excluding tert-OH is 1. The molecule has 4 rings (SSSR count). The third-order valence-electron chi connectivity index (χ3n) is 6.50. The zero-order chi connectivity index (χ0) is 20.6. The normalized spacial score (nSPS) is 22.9. The largest absolute Gasteiger partial charge is 0.484 e. The Morgan fingerprint density at radius 2 is 1.90 bits per heavy atom. The third-order valence-corrected chi connectivity index (χ3v) is 6.50. The van der Waals surface area contributed by atoms with Gasteiger partial charge >= 0.3 is 0 Å². The lowest BCUT2D eigenvalue weighted by Gasteiger charge is -2.42. The van der Waals surface area contributed by atoms with Gasteiger partial charge in [-0.05, 0) is 38.9 Å². The number of carbonyl (C=O) groups is 2. The smallest absolute Gasteiger partial charge is 0.258 e. The van der Waals surface area contributed by atoms with Crippen LogP contribution in [0.25, 0.3) is 0 Å². The molecule has 2 amide bonds. The zero-order valence-electron chi connectivity index (χ0n) is 17.4. The summed E-state index contributed by atoms with van der Waals surface area (Å²) in [5, 5.41) is 9.71. The number of fused-ring (bicyclic) bond motifs is 1. The molecule has 2 fully saturated rings. The van der Waals surface area contributed by atoms with Gasteiger partial charge in [0.1, 0.15) is 17.9 Å². The van der Waals surface area contributed by atoms with Gasteiger partial charge in [-0.2, -0.15) is 0 Å². The second-order valence-electron chi connectivity index (χ2n) is 8.86. The first-order valence-corrected chi connectivity index (χ1v) is 10.6. The molecule has 1 spiro atoms. The van der Waals surface area contributed by atoms with Crippen LogP contribution >= 0.6 is 0 Å². The minimum absolute atomic E-state index is 0.0515. The van der Waals surface area contributed by atoms with Gasteiger partial charge in [-0.3, -0.25) is 9.59 Å². The van der Waals surface area contributed by atoms with Crippen molar-refractivity contribution in [1.82, 2.24) is 14.7 Å². The molecule has 0 aliphatic carbocycles. The van der Waals surface area contributed by atoms with Crippen molar-refractivity contribution in [1.29, 1.82) is 0 Å². The number of ether oxygens (including phenoxy) is 1. The molecule has 3 heterocycles. The molecule has 0 aromatic heterocycles. The minimum atomic E-state index is -0.457. The van der Waals surface area contributed by atoms with Crippen LogP contribution in [0.1, 0.15) is 41.6 Å². The lowest BCUT2D eigenvalue weighted by atomic mass is 9.90. The Morgan fingerprint density at radius 1 is 1.21 bits per heavy atom. The molecule has 158 valence electrons. The van der Waals surface area contributed by atoms with Gasteiger partial charge in [0, 0.05) is 39.0 Å². The number of nitrogens with zero attached hydrogens (tertiary/aromatic N) is 3. The second-order valence-corrected chi connectivity index (χ2v) is 8.86. The Labute approximate surface area is 172 Å². The second kappa shape index (κ2) is 7.95. The molecular weight excluding hydrogens is 370 g/mol. The van der Waals surface area contributed by atoms with Crippen LogP contribution in [0.15, 0.2) is 18.2 Å². The lowest BCUT2D eigenvalue weighted by Crippen LogP contribution is -2.55. The molecule has 0 atom stereocenters. The molecular formula is C22H31N3O4. The molecule has 0 bridgehead atoms. The molecule has 3 aliphatic heterocycles. The maximum absolute atomic E-state index is 13.4. The van der Waals surface area contributed by atoms with Gasteiger partial charge in [0.05, 0.1) is 18.2 Å². The highest BCUT2D eigenvalue weighted by Crippen LogP contribution is 2.35. The summed E-state index contributed by atoms with van der Waals surface area (Å²) >= 11 is 0. The van der Waals surface area contributed by atoms with Crippen molar-refractivity contribution < 1.29 is 19.4 Å². The van der Waals surface area contributed by atoms with E-state index >= 15 is 0 Å². The van der Waals surface area contributed by atoms with Crippen LogP contribution in [-0.2, 0) is 4.79 Å². The number of rotatable bonds is 2. The first kappa shape index (κ1) is 20.2. The highest BCUT2D eigenvalue weighted by molar-refractivity contribution is 5.99. The monoisotopic (exact) mass is 401 g/mol. The van der Waals surface area contributed by atoms with Gasteiger partial charge in [0.15, 0.2) is 0 Å². The molecule has 0 unspecified atom stereocenters. The van der Waals surface area contributed by atoms with E-state index in [1.807, 2.05) is 25.1 Å². The van der Waals surface area contributed by atoms with Crippen LogP contribution in [0.5, 0.6) is 5.75 Å². The molecule has 0 radical (unpaired) electrons. The predicted molar refractivity (Wildman–Crippen MR) is 109 cm³/mol. The van der Waals surface area contributed by atoms with E-state index in [1.165, 1.54) is 0 Å². The van der Waals surface area contributed by atoms with E-state index < -0.39 is 5.60 Å². The summed E-state index contributed by atoms with van der Waals surface area (Å²) in [6, 6.07) is 5.72. The van der Waals surface area contributed by atoms with Crippen LogP contribution in [0, 0.1) is 6.92 Å². The number of likely N-dealkylation sites (tertiary alicyclic amines) is 2. The molecule has 3 aliphatic rings. The van der Waals surface area contributed by atoms with E-state index in [0.29, 0.717) is 43.8 Å². The Bertz CT molecular complexity index is 780. The van der Waals surface area contributed by atoms with Crippen molar-refractivity contribution >= 4 is 11.8 Å². The van der Waals surface area contributed by atoms with Crippen molar-refractivity contribution in [2.45, 2.75) is 44.3 Å². The summed E-state index contributed by atoms with van der Waals surface area (Å²) in [6.07, 6.45) is 2.52. The summed E-state index contributed by atoms with van der Waals surface area (Å²) in [5.74, 6) is 0.440. The quantitative estimate of drug-likeness (QED) is 0.808. The average Bonchev–Trinajstić information content (AvgIpc) is 2.81. The summed E-state index contributed by atoms with van der Waals surface area (Å²) < 4.78 is 6.48. The van der Waals surface area contributed by atoms with Crippen LogP contribution in [-0.4, -0.2) is 89.6 Å². The van der Waals surface area contributed by atoms with Gasteiger partial charge in [-0.25, -0.2) is 0 Å². The topological polar surface area (TPSA) is 73.3 Å². The fourth-order valence-electron chi connectivity index (χ4n) is 4.55. The Kier molecular flexibility index (Phi) is 5.53. The molecule has 0 saturated carbocycles. The zero-order valence-corrected chi connectivity index (χ0v) is 17.4. The van der Waals surface area contributed by atoms with E-state index in [-0.39, 0.29) is 24.5 Å². The maximum Gasteiger partial charge on any atom is 0.258 e. The summed E-state index contributed by atoms with van der Waals surface area (Å²) in [5.41, 5.74) is 1.08. The summed E-state index contributed by atoms with van der Waals surface area (Å²) in [6.45, 7) is 5.34. The predicted octanol–water partition coefficient (Wildman–Crippen LogP) is 1.28. The first-order valence-electron chi connectivity index (χ1n) is 10.6. The Morgan fingerprint density at radius 3 is 2.59 bits per heavy atom. The number of hydrogen-bond donors (Lipinski definition) is 1. The number of hydrogen-bond acceptors (Lipinski definition) is 5. The van der Waals surface area contributed by atoms with Crippen LogP contribution in [0.4, 0.5) is 0 Å². The van der Waals surface area contributed by atoms with Crippen molar-refractivity contribution in [2.24, 2.45) is 0 Å². The molecule has 29 heavy (non-hydrogen) atoms.